The second kappa shape index (κ2) is 7.30. The van der Waals surface area contributed by atoms with Crippen molar-refractivity contribution in [2.24, 2.45) is 5.18 Å². The smallest absolute Gasteiger partial charge is 0.356 e. The molecule has 23 heavy (non-hydrogen) atoms. The van der Waals surface area contributed by atoms with Crippen molar-refractivity contribution in [3.63, 3.8) is 0 Å². The number of aromatic nitrogens is 2. The molecule has 1 aromatic carbocycles. The van der Waals surface area contributed by atoms with E-state index < -0.39 is 11.9 Å². The standard InChI is InChI=1S/C15H15N3O5/c1-3-22-14(19)10-6-5-7-11(13(10)17-21)18-9-16-8-12(18)15(20)23-4-2/h5-9H,3-4H2,1-2H3. The molecular formula is C15H15N3O5. The molecule has 0 unspecified atom stereocenters. The van der Waals surface area contributed by atoms with Crippen LogP contribution in [0.2, 0.25) is 0 Å². The SMILES string of the molecule is CCOC(=O)c1cccc(-n2cncc2C(=O)OCC)c1N=O. The van der Waals surface area contributed by atoms with E-state index in [9.17, 15) is 14.5 Å². The summed E-state index contributed by atoms with van der Waals surface area (Å²) in [5.74, 6) is -1.26. The number of ether oxygens (including phenoxy) is 2. The first-order chi connectivity index (χ1) is 11.1. The number of carbonyl (C=O) groups is 2. The topological polar surface area (TPSA) is 99.8 Å². The highest BCUT2D eigenvalue weighted by Crippen LogP contribution is 2.29. The van der Waals surface area contributed by atoms with Gasteiger partial charge >= 0.3 is 11.9 Å². The van der Waals surface area contributed by atoms with Crippen molar-refractivity contribution in [1.29, 1.82) is 0 Å². The van der Waals surface area contributed by atoms with Gasteiger partial charge in [-0.25, -0.2) is 14.6 Å². The summed E-state index contributed by atoms with van der Waals surface area (Å²) >= 11 is 0. The average molecular weight is 317 g/mol. The summed E-state index contributed by atoms with van der Waals surface area (Å²) < 4.78 is 11.2. The lowest BCUT2D eigenvalue weighted by molar-refractivity contribution is 0.0512. The van der Waals surface area contributed by atoms with Crippen LogP contribution >= 0.6 is 0 Å². The Balaban J connectivity index is 2.55. The molecule has 0 saturated heterocycles. The number of nitroso groups, excluding NO2 is 1. The molecule has 1 heterocycles. The number of benzene rings is 1. The van der Waals surface area contributed by atoms with Gasteiger partial charge in [0.1, 0.15) is 5.69 Å². The number of esters is 2. The predicted molar refractivity (Wildman–Crippen MR) is 80.9 cm³/mol. The Bertz CT molecular complexity index is 738. The second-order valence-electron chi connectivity index (χ2n) is 4.35. The Morgan fingerprint density at radius 2 is 1.87 bits per heavy atom. The van der Waals surface area contributed by atoms with E-state index in [-0.39, 0.29) is 35.8 Å². The summed E-state index contributed by atoms with van der Waals surface area (Å²) in [5.41, 5.74) is 0.251. The molecule has 0 spiro atoms. The zero-order valence-electron chi connectivity index (χ0n) is 12.7. The lowest BCUT2D eigenvalue weighted by atomic mass is 10.1. The Kier molecular flexibility index (Phi) is 5.19. The normalized spacial score (nSPS) is 10.2. The number of rotatable bonds is 6. The van der Waals surface area contributed by atoms with Crippen LogP contribution in [0.1, 0.15) is 34.7 Å². The fraction of sp³-hybridized carbons (Fsp3) is 0.267. The molecule has 2 rings (SSSR count). The quantitative estimate of drug-likeness (QED) is 0.599. The summed E-state index contributed by atoms with van der Waals surface area (Å²) in [6.07, 6.45) is 2.65. The van der Waals surface area contributed by atoms with Crippen LogP contribution in [0.25, 0.3) is 5.69 Å². The van der Waals surface area contributed by atoms with Crippen LogP contribution in [0.3, 0.4) is 0 Å². The minimum absolute atomic E-state index is 0.0165. The van der Waals surface area contributed by atoms with E-state index in [1.165, 1.54) is 23.2 Å². The maximum absolute atomic E-state index is 11.9. The lowest BCUT2D eigenvalue weighted by Gasteiger charge is -2.11. The largest absolute Gasteiger partial charge is 0.462 e. The van der Waals surface area contributed by atoms with Gasteiger partial charge in [-0.2, -0.15) is 0 Å². The van der Waals surface area contributed by atoms with Gasteiger partial charge < -0.3 is 9.47 Å². The molecule has 0 atom stereocenters. The number of carbonyl (C=O) groups excluding carboxylic acids is 2. The minimum atomic E-state index is -0.665. The van der Waals surface area contributed by atoms with E-state index >= 15 is 0 Å². The van der Waals surface area contributed by atoms with Crippen molar-refractivity contribution in [3.8, 4) is 5.69 Å². The number of hydrogen-bond acceptors (Lipinski definition) is 7. The summed E-state index contributed by atoms with van der Waals surface area (Å²) in [5, 5.41) is 2.92. The fourth-order valence-corrected chi connectivity index (χ4v) is 2.04. The fourth-order valence-electron chi connectivity index (χ4n) is 2.04. The van der Waals surface area contributed by atoms with Crippen LogP contribution < -0.4 is 0 Å². The van der Waals surface area contributed by atoms with E-state index in [1.807, 2.05) is 0 Å². The molecule has 0 fully saturated rings. The highest BCUT2D eigenvalue weighted by Gasteiger charge is 2.21. The summed E-state index contributed by atoms with van der Waals surface area (Å²) in [4.78, 5) is 39.0. The van der Waals surface area contributed by atoms with Crippen molar-refractivity contribution < 1.29 is 19.1 Å². The van der Waals surface area contributed by atoms with E-state index in [4.69, 9.17) is 9.47 Å². The second-order valence-corrected chi connectivity index (χ2v) is 4.35. The molecule has 0 amide bonds. The third-order valence-electron chi connectivity index (χ3n) is 2.98. The minimum Gasteiger partial charge on any atom is -0.462 e. The zero-order chi connectivity index (χ0) is 16.8. The maximum Gasteiger partial charge on any atom is 0.356 e. The van der Waals surface area contributed by atoms with Gasteiger partial charge in [-0.1, -0.05) is 6.07 Å². The van der Waals surface area contributed by atoms with Gasteiger partial charge in [-0.3, -0.25) is 4.57 Å². The lowest BCUT2D eigenvalue weighted by Crippen LogP contribution is -2.12. The Hall–Kier alpha value is -3.03. The molecule has 2 aromatic rings. The molecular weight excluding hydrogens is 302 g/mol. The molecule has 0 bridgehead atoms. The highest BCUT2D eigenvalue weighted by atomic mass is 16.5. The third kappa shape index (κ3) is 3.25. The van der Waals surface area contributed by atoms with Gasteiger partial charge in [0, 0.05) is 0 Å². The van der Waals surface area contributed by atoms with Gasteiger partial charge in [0.25, 0.3) is 0 Å². The molecule has 0 N–H and O–H groups in total. The monoisotopic (exact) mass is 317 g/mol. The van der Waals surface area contributed by atoms with Crippen molar-refractivity contribution in [3.05, 3.63) is 46.9 Å². The molecule has 8 heteroatoms. The first-order valence-corrected chi connectivity index (χ1v) is 6.97. The van der Waals surface area contributed by atoms with Gasteiger partial charge in [-0.15, -0.1) is 4.91 Å². The van der Waals surface area contributed by atoms with Gasteiger partial charge in [-0.05, 0) is 31.2 Å². The Labute approximate surface area is 132 Å². The Morgan fingerprint density at radius 3 is 2.52 bits per heavy atom. The summed E-state index contributed by atoms with van der Waals surface area (Å²) in [7, 11) is 0. The molecule has 0 aliphatic carbocycles. The van der Waals surface area contributed by atoms with E-state index in [1.54, 1.807) is 26.0 Å². The van der Waals surface area contributed by atoms with E-state index in [0.717, 1.165) is 0 Å². The highest BCUT2D eigenvalue weighted by molar-refractivity contribution is 5.97. The number of hydrogen-bond donors (Lipinski definition) is 0. The predicted octanol–water partition coefficient (Wildman–Crippen LogP) is 2.62. The number of nitrogens with zero attached hydrogens (tertiary/aromatic N) is 3. The van der Waals surface area contributed by atoms with Crippen molar-refractivity contribution in [2.45, 2.75) is 13.8 Å². The van der Waals surface area contributed by atoms with Gasteiger partial charge in [0.2, 0.25) is 0 Å². The van der Waals surface area contributed by atoms with Crippen molar-refractivity contribution in [2.75, 3.05) is 13.2 Å². The average Bonchev–Trinajstić information content (AvgIpc) is 3.04. The van der Waals surface area contributed by atoms with Crippen LogP contribution in [-0.4, -0.2) is 34.7 Å². The van der Waals surface area contributed by atoms with Crippen LogP contribution in [0.5, 0.6) is 0 Å². The molecule has 0 radical (unpaired) electrons. The van der Waals surface area contributed by atoms with Gasteiger partial charge in [0.05, 0.1) is 37.0 Å². The summed E-state index contributed by atoms with van der Waals surface area (Å²) in [6.45, 7) is 3.70. The Morgan fingerprint density at radius 1 is 1.17 bits per heavy atom. The zero-order valence-corrected chi connectivity index (χ0v) is 12.7. The van der Waals surface area contributed by atoms with Crippen LogP contribution in [0, 0.1) is 4.91 Å². The van der Waals surface area contributed by atoms with Crippen LogP contribution in [0.15, 0.2) is 35.9 Å². The number of imidazole rings is 1. The summed E-state index contributed by atoms with van der Waals surface area (Å²) in [6, 6.07) is 4.54. The van der Waals surface area contributed by atoms with Crippen LogP contribution in [-0.2, 0) is 9.47 Å². The van der Waals surface area contributed by atoms with Crippen LogP contribution in [0.4, 0.5) is 5.69 Å². The maximum atomic E-state index is 11.9. The molecule has 0 saturated carbocycles. The first-order valence-electron chi connectivity index (χ1n) is 6.97. The van der Waals surface area contributed by atoms with Crippen molar-refractivity contribution in [1.82, 2.24) is 9.55 Å². The molecule has 8 nitrogen and oxygen atoms in total. The molecule has 120 valence electrons. The third-order valence-corrected chi connectivity index (χ3v) is 2.98. The van der Waals surface area contributed by atoms with E-state index in [2.05, 4.69) is 10.2 Å². The molecule has 0 aliphatic rings. The van der Waals surface area contributed by atoms with E-state index in [0.29, 0.717) is 0 Å². The first kappa shape index (κ1) is 16.3. The molecule has 1 aromatic heterocycles. The molecule has 0 aliphatic heterocycles. The van der Waals surface area contributed by atoms with Gasteiger partial charge in [0.15, 0.2) is 5.69 Å². The van der Waals surface area contributed by atoms with Crippen molar-refractivity contribution >= 4 is 17.6 Å².